The normalized spacial score (nSPS) is 10.8. The van der Waals surface area contributed by atoms with Crippen molar-refractivity contribution in [2.75, 3.05) is 11.9 Å². The van der Waals surface area contributed by atoms with Gasteiger partial charge in [0.15, 0.2) is 0 Å². The van der Waals surface area contributed by atoms with Crippen LogP contribution in [0.25, 0.3) is 0 Å². The second-order valence-corrected chi connectivity index (χ2v) is 5.73. The molecular weight excluding hydrogens is 377 g/mol. The number of hydrogen-bond donors (Lipinski definition) is 4. The SMILES string of the molecule is NC(=O)CNC(=O)c1ccc(CNC(=O)Nc2ccc(C(F)(F)F)cc2)cc1. The maximum absolute atomic E-state index is 12.5. The zero-order valence-electron chi connectivity index (χ0n) is 14.5. The highest BCUT2D eigenvalue weighted by atomic mass is 19.4. The van der Waals surface area contributed by atoms with Crippen molar-refractivity contribution < 1.29 is 27.6 Å². The average Bonchev–Trinajstić information content (AvgIpc) is 2.64. The summed E-state index contributed by atoms with van der Waals surface area (Å²) in [5, 5.41) is 7.31. The van der Waals surface area contributed by atoms with Crippen LogP contribution in [0.3, 0.4) is 0 Å². The summed E-state index contributed by atoms with van der Waals surface area (Å²) in [5.74, 6) is -1.12. The maximum Gasteiger partial charge on any atom is 0.416 e. The number of nitrogens with one attached hydrogen (secondary N) is 3. The molecule has 0 atom stereocenters. The minimum Gasteiger partial charge on any atom is -0.368 e. The lowest BCUT2D eigenvalue weighted by Gasteiger charge is -2.10. The molecule has 0 heterocycles. The number of rotatable bonds is 6. The predicted octanol–water partition coefficient (Wildman–Crippen LogP) is 2.24. The maximum atomic E-state index is 12.5. The Morgan fingerprint density at radius 2 is 1.50 bits per heavy atom. The zero-order chi connectivity index (χ0) is 20.7. The van der Waals surface area contributed by atoms with E-state index in [4.69, 9.17) is 5.73 Å². The highest BCUT2D eigenvalue weighted by molar-refractivity contribution is 5.96. The fourth-order valence-electron chi connectivity index (χ4n) is 2.14. The van der Waals surface area contributed by atoms with Crippen molar-refractivity contribution in [2.45, 2.75) is 12.7 Å². The number of halogens is 3. The molecule has 10 heteroatoms. The van der Waals surface area contributed by atoms with E-state index in [1.807, 2.05) is 0 Å². The first-order chi connectivity index (χ1) is 13.1. The second-order valence-electron chi connectivity index (χ2n) is 5.73. The van der Waals surface area contributed by atoms with E-state index < -0.39 is 29.6 Å². The molecule has 28 heavy (non-hydrogen) atoms. The molecule has 4 amide bonds. The molecule has 0 fully saturated rings. The van der Waals surface area contributed by atoms with E-state index >= 15 is 0 Å². The average molecular weight is 394 g/mol. The largest absolute Gasteiger partial charge is 0.416 e. The zero-order valence-corrected chi connectivity index (χ0v) is 14.5. The van der Waals surface area contributed by atoms with Gasteiger partial charge in [-0.2, -0.15) is 13.2 Å². The summed E-state index contributed by atoms with van der Waals surface area (Å²) >= 11 is 0. The first kappa shape index (κ1) is 20.7. The van der Waals surface area contributed by atoms with Gasteiger partial charge in [-0.3, -0.25) is 9.59 Å². The molecule has 0 unspecified atom stereocenters. The Hall–Kier alpha value is -3.56. The molecule has 0 aromatic heterocycles. The smallest absolute Gasteiger partial charge is 0.368 e. The van der Waals surface area contributed by atoms with E-state index in [0.29, 0.717) is 11.1 Å². The van der Waals surface area contributed by atoms with Crippen LogP contribution in [-0.4, -0.2) is 24.4 Å². The lowest BCUT2D eigenvalue weighted by Crippen LogP contribution is -2.33. The van der Waals surface area contributed by atoms with Crippen molar-refractivity contribution in [2.24, 2.45) is 5.73 Å². The van der Waals surface area contributed by atoms with Crippen molar-refractivity contribution in [3.8, 4) is 0 Å². The molecule has 0 bridgehead atoms. The number of amides is 4. The number of benzene rings is 2. The van der Waals surface area contributed by atoms with Crippen LogP contribution in [0.4, 0.5) is 23.7 Å². The van der Waals surface area contributed by atoms with E-state index in [9.17, 15) is 27.6 Å². The van der Waals surface area contributed by atoms with Gasteiger partial charge in [0.25, 0.3) is 5.91 Å². The fourth-order valence-corrected chi connectivity index (χ4v) is 2.14. The van der Waals surface area contributed by atoms with Crippen LogP contribution >= 0.6 is 0 Å². The van der Waals surface area contributed by atoms with Crippen LogP contribution < -0.4 is 21.7 Å². The number of hydrogen-bond acceptors (Lipinski definition) is 3. The first-order valence-electron chi connectivity index (χ1n) is 8.02. The molecule has 0 aliphatic rings. The molecule has 0 saturated carbocycles. The highest BCUT2D eigenvalue weighted by Gasteiger charge is 2.29. The first-order valence-corrected chi connectivity index (χ1v) is 8.02. The van der Waals surface area contributed by atoms with Gasteiger partial charge in [-0.1, -0.05) is 12.1 Å². The number of alkyl halides is 3. The Balaban J connectivity index is 1.84. The molecule has 2 aromatic carbocycles. The Labute approximate surface area is 158 Å². The van der Waals surface area contributed by atoms with Crippen molar-refractivity contribution in [1.82, 2.24) is 10.6 Å². The van der Waals surface area contributed by atoms with Crippen molar-refractivity contribution in [1.29, 1.82) is 0 Å². The second kappa shape index (κ2) is 8.89. The summed E-state index contributed by atoms with van der Waals surface area (Å²) in [6.07, 6.45) is -4.44. The van der Waals surface area contributed by atoms with Gasteiger partial charge in [0.2, 0.25) is 5.91 Å². The van der Waals surface area contributed by atoms with Crippen LogP contribution in [0.1, 0.15) is 21.5 Å². The number of carbonyl (C=O) groups is 3. The summed E-state index contributed by atoms with van der Waals surface area (Å²) in [5.41, 5.74) is 5.36. The van der Waals surface area contributed by atoms with E-state index in [2.05, 4.69) is 16.0 Å². The van der Waals surface area contributed by atoms with Crippen molar-refractivity contribution in [3.63, 3.8) is 0 Å². The number of primary amides is 1. The predicted molar refractivity (Wildman–Crippen MR) is 95.3 cm³/mol. The molecule has 0 saturated heterocycles. The van der Waals surface area contributed by atoms with Crippen LogP contribution in [-0.2, 0) is 17.5 Å². The Morgan fingerprint density at radius 1 is 0.893 bits per heavy atom. The summed E-state index contributed by atoms with van der Waals surface area (Å²) < 4.78 is 37.5. The van der Waals surface area contributed by atoms with Crippen molar-refractivity contribution >= 4 is 23.5 Å². The van der Waals surface area contributed by atoms with Crippen LogP contribution in [0, 0.1) is 0 Å². The monoisotopic (exact) mass is 394 g/mol. The molecular formula is C18H17F3N4O3. The quantitative estimate of drug-likeness (QED) is 0.603. The topological polar surface area (TPSA) is 113 Å². The van der Waals surface area contributed by atoms with Gasteiger partial charge in [-0.25, -0.2) is 4.79 Å². The van der Waals surface area contributed by atoms with Crippen LogP contribution in [0.2, 0.25) is 0 Å². The lowest BCUT2D eigenvalue weighted by molar-refractivity contribution is -0.137. The number of carbonyl (C=O) groups excluding carboxylic acids is 3. The Bertz CT molecular complexity index is 850. The van der Waals surface area contributed by atoms with Gasteiger partial charge in [-0.15, -0.1) is 0 Å². The molecule has 148 valence electrons. The molecule has 7 nitrogen and oxygen atoms in total. The number of anilines is 1. The highest BCUT2D eigenvalue weighted by Crippen LogP contribution is 2.29. The summed E-state index contributed by atoms with van der Waals surface area (Å²) in [6.45, 7) is -0.137. The van der Waals surface area contributed by atoms with Crippen LogP contribution in [0.15, 0.2) is 48.5 Å². The third-order valence-corrected chi connectivity index (χ3v) is 3.56. The molecule has 0 spiro atoms. The van der Waals surface area contributed by atoms with Crippen molar-refractivity contribution in [3.05, 3.63) is 65.2 Å². The molecule has 0 aliphatic carbocycles. The minimum atomic E-state index is -4.44. The molecule has 2 aromatic rings. The molecule has 0 radical (unpaired) electrons. The van der Waals surface area contributed by atoms with Gasteiger partial charge in [-0.05, 0) is 42.0 Å². The van der Waals surface area contributed by atoms with Gasteiger partial charge in [0.05, 0.1) is 12.1 Å². The summed E-state index contributed by atoms with van der Waals surface area (Å²) in [7, 11) is 0. The van der Waals surface area contributed by atoms with Gasteiger partial charge >= 0.3 is 12.2 Å². The standard InChI is InChI=1S/C18H17F3N4O3/c19-18(20,21)13-5-7-14(8-6-13)25-17(28)24-9-11-1-3-12(4-2-11)16(27)23-10-15(22)26/h1-8H,9-10H2,(H2,22,26)(H,23,27)(H2,24,25,28). The Kier molecular flexibility index (Phi) is 6.59. The van der Waals surface area contributed by atoms with E-state index in [-0.39, 0.29) is 18.8 Å². The lowest BCUT2D eigenvalue weighted by atomic mass is 10.1. The minimum absolute atomic E-state index is 0.135. The number of urea groups is 1. The van der Waals surface area contributed by atoms with Gasteiger partial charge < -0.3 is 21.7 Å². The summed E-state index contributed by atoms with van der Waals surface area (Å²) in [6, 6.07) is 9.71. The molecule has 5 N–H and O–H groups in total. The van der Waals surface area contributed by atoms with E-state index in [1.54, 1.807) is 12.1 Å². The summed E-state index contributed by atoms with van der Waals surface area (Å²) in [4.78, 5) is 34.2. The third-order valence-electron chi connectivity index (χ3n) is 3.56. The third kappa shape index (κ3) is 6.31. The Morgan fingerprint density at radius 3 is 2.04 bits per heavy atom. The van der Waals surface area contributed by atoms with Gasteiger partial charge in [0.1, 0.15) is 0 Å². The van der Waals surface area contributed by atoms with E-state index in [1.165, 1.54) is 12.1 Å². The van der Waals surface area contributed by atoms with Gasteiger partial charge in [0, 0.05) is 17.8 Å². The fraction of sp³-hybridized carbons (Fsp3) is 0.167. The molecule has 2 rings (SSSR count). The molecule has 0 aliphatic heterocycles. The number of nitrogens with two attached hydrogens (primary N) is 1. The van der Waals surface area contributed by atoms with Crippen LogP contribution in [0.5, 0.6) is 0 Å². The van der Waals surface area contributed by atoms with E-state index in [0.717, 1.165) is 24.3 Å².